The van der Waals surface area contributed by atoms with Gasteiger partial charge in [0.1, 0.15) is 0 Å². The number of nitrogen functional groups attached to an aromatic ring is 1. The zero-order chi connectivity index (χ0) is 9.26. The number of benzene rings is 1. The molecule has 70 valence electrons. The van der Waals surface area contributed by atoms with Crippen molar-refractivity contribution in [1.82, 2.24) is 0 Å². The van der Waals surface area contributed by atoms with Crippen LogP contribution in [0.1, 0.15) is 25.3 Å². The summed E-state index contributed by atoms with van der Waals surface area (Å²) in [5.41, 5.74) is 9.21. The number of hydrogen-bond donors (Lipinski definition) is 2. The van der Waals surface area contributed by atoms with Crippen LogP contribution >= 0.6 is 0 Å². The van der Waals surface area contributed by atoms with Crippen molar-refractivity contribution >= 4 is 11.4 Å². The van der Waals surface area contributed by atoms with E-state index in [4.69, 9.17) is 5.73 Å². The molecule has 13 heavy (non-hydrogen) atoms. The number of nitrogens with one attached hydrogen (secondary N) is 1. The maximum absolute atomic E-state index is 5.73. The first kappa shape index (κ1) is 8.42. The Morgan fingerprint density at radius 2 is 2.38 bits per heavy atom. The Kier molecular flexibility index (Phi) is 2.13. The van der Waals surface area contributed by atoms with Gasteiger partial charge in [-0.15, -0.1) is 0 Å². The van der Waals surface area contributed by atoms with Crippen LogP contribution in [0.4, 0.5) is 11.4 Å². The van der Waals surface area contributed by atoms with Crippen molar-refractivity contribution in [2.24, 2.45) is 0 Å². The Morgan fingerprint density at radius 3 is 3.15 bits per heavy atom. The van der Waals surface area contributed by atoms with E-state index in [1.165, 1.54) is 30.5 Å². The molecule has 1 unspecified atom stereocenters. The lowest BCUT2D eigenvalue weighted by atomic mass is 9.96. The standard InChI is InChI=1S/C11H16N2/c1-2-10-6-4-8-3-5-9(12)7-11(8)13-10/h3,5,7,10,13H,2,4,6,12H2,1H3. The van der Waals surface area contributed by atoms with Crippen molar-refractivity contribution in [2.45, 2.75) is 32.2 Å². The molecule has 0 amide bonds. The van der Waals surface area contributed by atoms with Gasteiger partial charge in [-0.1, -0.05) is 13.0 Å². The molecule has 1 heterocycles. The molecule has 0 spiro atoms. The van der Waals surface area contributed by atoms with E-state index in [-0.39, 0.29) is 0 Å². The Bertz CT molecular complexity index is 307. The molecule has 3 N–H and O–H groups in total. The van der Waals surface area contributed by atoms with E-state index in [9.17, 15) is 0 Å². The van der Waals surface area contributed by atoms with E-state index in [2.05, 4.69) is 18.3 Å². The van der Waals surface area contributed by atoms with Crippen molar-refractivity contribution in [1.29, 1.82) is 0 Å². The molecule has 2 nitrogen and oxygen atoms in total. The summed E-state index contributed by atoms with van der Waals surface area (Å²) < 4.78 is 0. The first-order valence-corrected chi connectivity index (χ1v) is 4.94. The normalized spacial score (nSPS) is 20.5. The average Bonchev–Trinajstić information content (AvgIpc) is 2.16. The van der Waals surface area contributed by atoms with Gasteiger partial charge in [0.05, 0.1) is 0 Å². The van der Waals surface area contributed by atoms with Gasteiger partial charge in [0, 0.05) is 17.4 Å². The zero-order valence-electron chi connectivity index (χ0n) is 8.01. The third-order valence-electron chi connectivity index (χ3n) is 2.75. The molecule has 1 aliphatic rings. The molecule has 0 fully saturated rings. The van der Waals surface area contributed by atoms with Crippen molar-refractivity contribution in [3.05, 3.63) is 23.8 Å². The highest BCUT2D eigenvalue weighted by atomic mass is 14.9. The summed E-state index contributed by atoms with van der Waals surface area (Å²) in [6.07, 6.45) is 3.61. The summed E-state index contributed by atoms with van der Waals surface area (Å²) in [7, 11) is 0. The second kappa shape index (κ2) is 3.29. The van der Waals surface area contributed by atoms with Crippen LogP contribution < -0.4 is 11.1 Å². The van der Waals surface area contributed by atoms with Gasteiger partial charge < -0.3 is 11.1 Å². The van der Waals surface area contributed by atoms with E-state index >= 15 is 0 Å². The molecule has 2 rings (SSSR count). The maximum atomic E-state index is 5.73. The highest BCUT2D eigenvalue weighted by Gasteiger charge is 2.15. The minimum absolute atomic E-state index is 0.634. The van der Waals surface area contributed by atoms with Crippen molar-refractivity contribution in [2.75, 3.05) is 11.1 Å². The minimum Gasteiger partial charge on any atom is -0.399 e. The molecule has 0 saturated heterocycles. The van der Waals surface area contributed by atoms with Gasteiger partial charge in [-0.2, -0.15) is 0 Å². The molecule has 0 saturated carbocycles. The van der Waals surface area contributed by atoms with Gasteiger partial charge in [0.15, 0.2) is 0 Å². The first-order chi connectivity index (χ1) is 6.29. The first-order valence-electron chi connectivity index (χ1n) is 4.94. The predicted molar refractivity (Wildman–Crippen MR) is 56.9 cm³/mol. The van der Waals surface area contributed by atoms with Crippen molar-refractivity contribution in [3.8, 4) is 0 Å². The van der Waals surface area contributed by atoms with E-state index in [1.54, 1.807) is 0 Å². The molecule has 0 radical (unpaired) electrons. The number of anilines is 2. The lowest BCUT2D eigenvalue weighted by Crippen LogP contribution is -2.24. The fraction of sp³-hybridized carbons (Fsp3) is 0.455. The van der Waals surface area contributed by atoms with Crippen LogP contribution in [-0.4, -0.2) is 6.04 Å². The smallest absolute Gasteiger partial charge is 0.0395 e. The number of fused-ring (bicyclic) bond motifs is 1. The Hall–Kier alpha value is -1.18. The molecule has 1 aromatic rings. The van der Waals surface area contributed by atoms with Gasteiger partial charge in [0.25, 0.3) is 0 Å². The van der Waals surface area contributed by atoms with Crippen LogP contribution in [-0.2, 0) is 6.42 Å². The highest BCUT2D eigenvalue weighted by molar-refractivity contribution is 5.61. The van der Waals surface area contributed by atoms with Crippen molar-refractivity contribution < 1.29 is 0 Å². The molecular formula is C11H16N2. The Morgan fingerprint density at radius 1 is 1.54 bits per heavy atom. The van der Waals surface area contributed by atoms with Crippen molar-refractivity contribution in [3.63, 3.8) is 0 Å². The number of rotatable bonds is 1. The molecular weight excluding hydrogens is 160 g/mol. The van der Waals surface area contributed by atoms with Crippen LogP contribution in [0.5, 0.6) is 0 Å². The molecule has 2 heteroatoms. The third-order valence-corrected chi connectivity index (χ3v) is 2.75. The fourth-order valence-corrected chi connectivity index (χ4v) is 1.87. The topological polar surface area (TPSA) is 38.0 Å². The molecule has 1 aromatic carbocycles. The minimum atomic E-state index is 0.634. The van der Waals surface area contributed by atoms with Gasteiger partial charge in [-0.05, 0) is 37.0 Å². The second-order valence-corrected chi connectivity index (χ2v) is 3.70. The predicted octanol–water partition coefficient (Wildman–Crippen LogP) is 2.41. The van der Waals surface area contributed by atoms with Crippen LogP contribution in [0.25, 0.3) is 0 Å². The molecule has 0 aromatic heterocycles. The summed E-state index contributed by atoms with van der Waals surface area (Å²) in [5.74, 6) is 0. The lowest BCUT2D eigenvalue weighted by molar-refractivity contribution is 0.614. The largest absolute Gasteiger partial charge is 0.399 e. The fourth-order valence-electron chi connectivity index (χ4n) is 1.87. The summed E-state index contributed by atoms with van der Waals surface area (Å²) >= 11 is 0. The van der Waals surface area contributed by atoms with Gasteiger partial charge in [-0.25, -0.2) is 0 Å². The monoisotopic (exact) mass is 176 g/mol. The number of aryl methyl sites for hydroxylation is 1. The highest BCUT2D eigenvalue weighted by Crippen LogP contribution is 2.27. The van der Waals surface area contributed by atoms with Crippen LogP contribution in [0.3, 0.4) is 0 Å². The number of nitrogens with two attached hydrogens (primary N) is 1. The Balaban J connectivity index is 2.27. The van der Waals surface area contributed by atoms with Crippen LogP contribution in [0.2, 0.25) is 0 Å². The molecule has 0 bridgehead atoms. The second-order valence-electron chi connectivity index (χ2n) is 3.70. The Labute approximate surface area is 79.1 Å². The average molecular weight is 176 g/mol. The SMILES string of the molecule is CCC1CCc2ccc(N)cc2N1. The van der Waals surface area contributed by atoms with Gasteiger partial charge >= 0.3 is 0 Å². The van der Waals surface area contributed by atoms with Crippen LogP contribution in [0.15, 0.2) is 18.2 Å². The number of hydrogen-bond acceptors (Lipinski definition) is 2. The summed E-state index contributed by atoms with van der Waals surface area (Å²) in [4.78, 5) is 0. The molecule has 1 atom stereocenters. The van der Waals surface area contributed by atoms with Gasteiger partial charge in [-0.3, -0.25) is 0 Å². The lowest BCUT2D eigenvalue weighted by Gasteiger charge is -2.26. The van der Waals surface area contributed by atoms with Crippen LogP contribution in [0, 0.1) is 0 Å². The molecule has 0 aliphatic carbocycles. The van der Waals surface area contributed by atoms with E-state index in [1.807, 2.05) is 12.1 Å². The van der Waals surface area contributed by atoms with Gasteiger partial charge in [0.2, 0.25) is 0 Å². The zero-order valence-corrected chi connectivity index (χ0v) is 8.01. The summed E-state index contributed by atoms with van der Waals surface area (Å²) in [6.45, 7) is 2.22. The van der Waals surface area contributed by atoms with E-state index in [0.29, 0.717) is 6.04 Å². The summed E-state index contributed by atoms with van der Waals surface area (Å²) in [5, 5.41) is 3.51. The molecule has 1 aliphatic heterocycles. The maximum Gasteiger partial charge on any atom is 0.0395 e. The van der Waals surface area contributed by atoms with E-state index < -0.39 is 0 Å². The van der Waals surface area contributed by atoms with E-state index in [0.717, 1.165) is 5.69 Å². The quantitative estimate of drug-likeness (QED) is 0.645. The summed E-state index contributed by atoms with van der Waals surface area (Å²) in [6, 6.07) is 6.78. The third kappa shape index (κ3) is 1.62.